The van der Waals surface area contributed by atoms with E-state index in [0.29, 0.717) is 23.0 Å². The van der Waals surface area contributed by atoms with Crippen molar-refractivity contribution in [3.05, 3.63) is 38.9 Å². The molecule has 1 fully saturated rings. The van der Waals surface area contributed by atoms with Gasteiger partial charge in [-0.05, 0) is 31.0 Å². The molecule has 6 heteroatoms. The Bertz CT molecular complexity index is 481. The fourth-order valence-corrected chi connectivity index (χ4v) is 2.85. The number of benzene rings is 1. The van der Waals surface area contributed by atoms with Gasteiger partial charge in [-0.25, -0.2) is 0 Å². The quantitative estimate of drug-likeness (QED) is 0.681. The van der Waals surface area contributed by atoms with Crippen molar-refractivity contribution >= 4 is 17.3 Å². The molecule has 1 N–H and O–H groups in total. The second-order valence-corrected chi connectivity index (χ2v) is 5.45. The summed E-state index contributed by atoms with van der Waals surface area (Å²) in [6.45, 7) is 3.46. The number of aliphatic hydroxyl groups excluding tert-OH is 1. The van der Waals surface area contributed by atoms with Gasteiger partial charge in [0.1, 0.15) is 0 Å². The Labute approximate surface area is 116 Å². The maximum Gasteiger partial charge on any atom is 0.273 e. The van der Waals surface area contributed by atoms with E-state index in [4.69, 9.17) is 11.6 Å². The van der Waals surface area contributed by atoms with Crippen LogP contribution in [0.4, 0.5) is 5.69 Å². The van der Waals surface area contributed by atoms with E-state index < -0.39 is 0 Å². The van der Waals surface area contributed by atoms with Gasteiger partial charge in [-0.15, -0.1) is 0 Å². The van der Waals surface area contributed by atoms with Crippen LogP contribution in [0, 0.1) is 16.0 Å². The van der Waals surface area contributed by atoms with Crippen molar-refractivity contribution in [2.45, 2.75) is 25.9 Å². The summed E-state index contributed by atoms with van der Waals surface area (Å²) < 4.78 is 0. The highest BCUT2D eigenvalue weighted by Gasteiger charge is 2.31. The van der Waals surface area contributed by atoms with Crippen molar-refractivity contribution in [1.82, 2.24) is 4.90 Å². The molecule has 19 heavy (non-hydrogen) atoms. The van der Waals surface area contributed by atoms with E-state index in [1.807, 2.05) is 0 Å². The molecule has 2 rings (SSSR count). The lowest BCUT2D eigenvalue weighted by Gasteiger charge is -2.24. The van der Waals surface area contributed by atoms with Gasteiger partial charge in [-0.1, -0.05) is 18.5 Å². The van der Waals surface area contributed by atoms with Crippen LogP contribution in [0.1, 0.15) is 18.9 Å². The van der Waals surface area contributed by atoms with Crippen LogP contribution in [0.25, 0.3) is 0 Å². The molecule has 2 atom stereocenters. The number of nitrogens with zero attached hydrogens (tertiary/aromatic N) is 2. The molecule has 1 aromatic rings. The molecule has 0 aliphatic carbocycles. The molecule has 1 saturated heterocycles. The first-order valence-corrected chi connectivity index (χ1v) is 6.68. The summed E-state index contributed by atoms with van der Waals surface area (Å²) >= 11 is 5.92. The molecular weight excluding hydrogens is 268 g/mol. The van der Waals surface area contributed by atoms with Crippen LogP contribution in [0.2, 0.25) is 5.02 Å². The molecule has 104 valence electrons. The highest BCUT2D eigenvalue weighted by Crippen LogP contribution is 2.29. The number of nitro benzene ring substituents is 1. The van der Waals surface area contributed by atoms with Crippen molar-refractivity contribution in [1.29, 1.82) is 0 Å². The molecular formula is C13H17ClN2O3. The summed E-state index contributed by atoms with van der Waals surface area (Å²) in [6, 6.07) is 4.67. The standard InChI is InChI=1S/C13H17ClN2O3/c1-9-4-5-15(13(9)8-17)7-10-6-11(14)2-3-12(10)16(18)19/h2-3,6,9,13,17H,4-5,7-8H2,1H3. The molecule has 5 nitrogen and oxygen atoms in total. The third kappa shape index (κ3) is 3.05. The predicted octanol–water partition coefficient (Wildman–Crippen LogP) is 2.45. The van der Waals surface area contributed by atoms with Crippen molar-refractivity contribution in [3.8, 4) is 0 Å². The number of hydrogen-bond donors (Lipinski definition) is 1. The molecule has 0 saturated carbocycles. The minimum Gasteiger partial charge on any atom is -0.395 e. The number of aliphatic hydroxyl groups is 1. The largest absolute Gasteiger partial charge is 0.395 e. The average Bonchev–Trinajstić information content (AvgIpc) is 2.69. The highest BCUT2D eigenvalue weighted by atomic mass is 35.5. The van der Waals surface area contributed by atoms with Crippen molar-refractivity contribution in [3.63, 3.8) is 0 Å². The van der Waals surface area contributed by atoms with Crippen LogP contribution in [0.15, 0.2) is 18.2 Å². The van der Waals surface area contributed by atoms with E-state index in [0.717, 1.165) is 13.0 Å². The summed E-state index contributed by atoms with van der Waals surface area (Å²) in [5.41, 5.74) is 0.686. The van der Waals surface area contributed by atoms with Crippen LogP contribution in [-0.2, 0) is 6.54 Å². The molecule has 0 amide bonds. The van der Waals surface area contributed by atoms with E-state index in [9.17, 15) is 15.2 Å². The fraction of sp³-hybridized carbons (Fsp3) is 0.538. The van der Waals surface area contributed by atoms with Crippen LogP contribution in [0.5, 0.6) is 0 Å². The number of nitro groups is 1. The van der Waals surface area contributed by atoms with Crippen molar-refractivity contribution in [2.75, 3.05) is 13.2 Å². The summed E-state index contributed by atoms with van der Waals surface area (Å²) in [6.07, 6.45) is 1.000. The van der Waals surface area contributed by atoms with E-state index in [1.165, 1.54) is 12.1 Å². The molecule has 1 aromatic carbocycles. The van der Waals surface area contributed by atoms with Crippen molar-refractivity contribution < 1.29 is 10.0 Å². The maximum absolute atomic E-state index is 11.0. The Kier molecular flexibility index (Phi) is 4.39. The second kappa shape index (κ2) is 5.86. The minimum atomic E-state index is -0.390. The van der Waals surface area contributed by atoms with Crippen LogP contribution in [-0.4, -0.2) is 34.1 Å². The zero-order chi connectivity index (χ0) is 14.0. The predicted molar refractivity (Wildman–Crippen MR) is 73.2 cm³/mol. The first kappa shape index (κ1) is 14.2. The third-order valence-electron chi connectivity index (χ3n) is 3.80. The Morgan fingerprint density at radius 2 is 2.32 bits per heavy atom. The Hall–Kier alpha value is -1.17. The number of hydrogen-bond acceptors (Lipinski definition) is 4. The molecule has 2 unspecified atom stereocenters. The lowest BCUT2D eigenvalue weighted by Crippen LogP contribution is -2.34. The lowest BCUT2D eigenvalue weighted by atomic mass is 10.0. The molecule has 1 aliphatic heterocycles. The van der Waals surface area contributed by atoms with Crippen LogP contribution in [0.3, 0.4) is 0 Å². The zero-order valence-corrected chi connectivity index (χ0v) is 11.5. The van der Waals surface area contributed by atoms with Gasteiger partial charge >= 0.3 is 0 Å². The maximum atomic E-state index is 11.0. The van der Waals surface area contributed by atoms with E-state index >= 15 is 0 Å². The van der Waals surface area contributed by atoms with E-state index in [-0.39, 0.29) is 23.3 Å². The summed E-state index contributed by atoms with van der Waals surface area (Å²) in [5.74, 6) is 0.406. The fourth-order valence-electron chi connectivity index (χ4n) is 2.66. The van der Waals surface area contributed by atoms with Gasteiger partial charge in [-0.3, -0.25) is 15.0 Å². The molecule has 0 bridgehead atoms. The van der Waals surface area contributed by atoms with Crippen LogP contribution < -0.4 is 0 Å². The highest BCUT2D eigenvalue weighted by molar-refractivity contribution is 6.30. The van der Waals surface area contributed by atoms with Gasteiger partial charge in [0.05, 0.1) is 11.5 Å². The summed E-state index contributed by atoms with van der Waals surface area (Å²) in [4.78, 5) is 12.7. The van der Waals surface area contributed by atoms with Gasteiger partial charge in [0, 0.05) is 29.2 Å². The Morgan fingerprint density at radius 1 is 1.58 bits per heavy atom. The van der Waals surface area contributed by atoms with Gasteiger partial charge in [0.2, 0.25) is 0 Å². The van der Waals surface area contributed by atoms with Gasteiger partial charge < -0.3 is 5.11 Å². The molecule has 1 heterocycles. The average molecular weight is 285 g/mol. The molecule has 1 aliphatic rings. The first-order chi connectivity index (χ1) is 9.02. The topological polar surface area (TPSA) is 66.6 Å². The normalized spacial score (nSPS) is 23.7. The molecule has 0 spiro atoms. The molecule has 0 aromatic heterocycles. The first-order valence-electron chi connectivity index (χ1n) is 6.30. The second-order valence-electron chi connectivity index (χ2n) is 5.02. The summed E-state index contributed by atoms with van der Waals surface area (Å²) in [5, 5.41) is 20.9. The molecule has 0 radical (unpaired) electrons. The van der Waals surface area contributed by atoms with Gasteiger partial charge in [0.25, 0.3) is 5.69 Å². The number of likely N-dealkylation sites (tertiary alicyclic amines) is 1. The number of halogens is 1. The smallest absolute Gasteiger partial charge is 0.273 e. The summed E-state index contributed by atoms with van der Waals surface area (Å²) in [7, 11) is 0. The van der Waals surface area contributed by atoms with Crippen LogP contribution >= 0.6 is 11.6 Å². The number of rotatable bonds is 4. The van der Waals surface area contributed by atoms with Gasteiger partial charge in [0.15, 0.2) is 0 Å². The lowest BCUT2D eigenvalue weighted by molar-refractivity contribution is -0.385. The monoisotopic (exact) mass is 284 g/mol. The minimum absolute atomic E-state index is 0.0681. The zero-order valence-electron chi connectivity index (χ0n) is 10.8. The van der Waals surface area contributed by atoms with Crippen molar-refractivity contribution in [2.24, 2.45) is 5.92 Å². The third-order valence-corrected chi connectivity index (χ3v) is 4.03. The Morgan fingerprint density at radius 3 is 2.95 bits per heavy atom. The van der Waals surface area contributed by atoms with E-state index in [1.54, 1.807) is 6.07 Å². The van der Waals surface area contributed by atoms with E-state index in [2.05, 4.69) is 11.8 Å². The Balaban J connectivity index is 2.23. The van der Waals surface area contributed by atoms with Gasteiger partial charge in [-0.2, -0.15) is 0 Å². The SMILES string of the molecule is CC1CCN(Cc2cc(Cl)ccc2[N+](=O)[O-])C1CO.